The fourth-order valence-corrected chi connectivity index (χ4v) is 6.00. The third-order valence-corrected chi connectivity index (χ3v) is 12.4. The number of rotatable bonds is 15. The lowest BCUT2D eigenvalue weighted by Gasteiger charge is -2.42. The van der Waals surface area contributed by atoms with E-state index in [0.29, 0.717) is 19.8 Å². The molecule has 1 aromatic carbocycles. The molecule has 7 nitrogen and oxygen atoms in total. The van der Waals surface area contributed by atoms with Crippen LogP contribution in [0.5, 0.6) is 0 Å². The van der Waals surface area contributed by atoms with E-state index in [9.17, 15) is 0 Å². The summed E-state index contributed by atoms with van der Waals surface area (Å²) in [5.41, 5.74) is 1.11. The topological polar surface area (TPSA) is 67.9 Å². The van der Waals surface area contributed by atoms with E-state index < -0.39 is 14.6 Å². The number of methoxy groups -OCH3 is 1. The second-order valence-corrected chi connectivity index (χ2v) is 16.6. The molecule has 0 N–H and O–H groups in total. The summed E-state index contributed by atoms with van der Waals surface area (Å²) in [6.07, 6.45) is 0.656. The molecule has 0 bridgehead atoms. The van der Waals surface area contributed by atoms with E-state index in [2.05, 4.69) is 66.4 Å². The molecule has 2 aliphatic rings. The van der Waals surface area contributed by atoms with Crippen molar-refractivity contribution >= 4 is 8.32 Å². The Morgan fingerprint density at radius 1 is 1.11 bits per heavy atom. The average Bonchev–Trinajstić information content (AvgIpc) is 3.57. The first kappa shape index (κ1) is 30.4. The first-order chi connectivity index (χ1) is 17.5. The van der Waals surface area contributed by atoms with Crippen molar-refractivity contribution in [3.05, 3.63) is 48.6 Å². The van der Waals surface area contributed by atoms with E-state index in [1.807, 2.05) is 18.2 Å². The maximum absolute atomic E-state index is 7.03. The standard InChI is InChI=1S/C29H48O7Si/c1-10-16-32-28-21(3)26(36-37(8,9)29(4,5)6)27(35-28)25(33-17-22-14-12-11-13-15-22)20(2)24-23(34-24)18-31-19-30-7/h10-15,20-21,23-28H,1,16-19H2,2-9H3/t20-,21-,23-,24-,25+,26-,27+,28?/m1/s1. The molecule has 0 radical (unpaired) electrons. The Kier molecular flexibility index (Phi) is 10.9. The SMILES string of the molecule is C=CCOC1O[C@@H]([C@@H](OCc2ccccc2)[C@H](C)[C@H]2O[C@@H]2COCOC)[C@H](O[Si](C)(C)C(C)(C)C)[C@H]1C. The van der Waals surface area contributed by atoms with Gasteiger partial charge in [0, 0.05) is 18.9 Å². The van der Waals surface area contributed by atoms with E-state index in [1.54, 1.807) is 13.2 Å². The maximum Gasteiger partial charge on any atom is 0.192 e. The van der Waals surface area contributed by atoms with Crippen molar-refractivity contribution in [3.63, 3.8) is 0 Å². The third-order valence-electron chi connectivity index (χ3n) is 7.93. The van der Waals surface area contributed by atoms with E-state index in [4.69, 9.17) is 32.8 Å². The minimum Gasteiger partial charge on any atom is -0.411 e. The number of benzene rings is 1. The Labute approximate surface area is 224 Å². The van der Waals surface area contributed by atoms with Crippen molar-refractivity contribution < 1.29 is 32.8 Å². The van der Waals surface area contributed by atoms with Crippen LogP contribution in [0.15, 0.2) is 43.0 Å². The van der Waals surface area contributed by atoms with Gasteiger partial charge >= 0.3 is 0 Å². The van der Waals surface area contributed by atoms with Crippen LogP contribution in [-0.4, -0.2) is 72.2 Å². The number of hydrogen-bond donors (Lipinski definition) is 0. The zero-order chi connectivity index (χ0) is 27.2. The highest BCUT2D eigenvalue weighted by atomic mass is 28.4. The van der Waals surface area contributed by atoms with Gasteiger partial charge in [0.1, 0.15) is 19.0 Å². The van der Waals surface area contributed by atoms with Crippen LogP contribution in [-0.2, 0) is 39.5 Å². The predicted molar refractivity (Wildman–Crippen MR) is 147 cm³/mol. The molecular weight excluding hydrogens is 488 g/mol. The lowest BCUT2D eigenvalue weighted by Crippen LogP contribution is -2.51. The molecule has 0 spiro atoms. The van der Waals surface area contributed by atoms with Crippen LogP contribution >= 0.6 is 0 Å². The molecular formula is C29H48O7Si. The Morgan fingerprint density at radius 2 is 1.81 bits per heavy atom. The summed E-state index contributed by atoms with van der Waals surface area (Å²) in [4.78, 5) is 0. The number of hydrogen-bond acceptors (Lipinski definition) is 7. The summed E-state index contributed by atoms with van der Waals surface area (Å²) in [7, 11) is -0.487. The quantitative estimate of drug-likeness (QED) is 0.0957. The van der Waals surface area contributed by atoms with Gasteiger partial charge in [0.25, 0.3) is 0 Å². The van der Waals surface area contributed by atoms with Crippen LogP contribution in [0.3, 0.4) is 0 Å². The van der Waals surface area contributed by atoms with Crippen LogP contribution in [0.4, 0.5) is 0 Å². The van der Waals surface area contributed by atoms with Crippen LogP contribution in [0.1, 0.15) is 40.2 Å². The molecule has 2 heterocycles. The molecule has 37 heavy (non-hydrogen) atoms. The molecule has 210 valence electrons. The first-order valence-electron chi connectivity index (χ1n) is 13.4. The Bertz CT molecular complexity index is 827. The molecule has 8 atom stereocenters. The first-order valence-corrected chi connectivity index (χ1v) is 16.3. The van der Waals surface area contributed by atoms with Gasteiger partial charge in [-0.3, -0.25) is 0 Å². The van der Waals surface area contributed by atoms with Gasteiger partial charge in [0.05, 0.1) is 38.1 Å². The predicted octanol–water partition coefficient (Wildman–Crippen LogP) is 5.55. The van der Waals surface area contributed by atoms with E-state index in [1.165, 1.54) is 0 Å². The Hall–Kier alpha value is -1.10. The zero-order valence-corrected chi connectivity index (χ0v) is 25.0. The van der Waals surface area contributed by atoms with E-state index in [-0.39, 0.29) is 54.2 Å². The largest absolute Gasteiger partial charge is 0.411 e. The van der Waals surface area contributed by atoms with Crippen molar-refractivity contribution in [2.45, 2.75) is 96.2 Å². The molecule has 1 unspecified atom stereocenters. The van der Waals surface area contributed by atoms with Gasteiger partial charge in [-0.1, -0.05) is 71.0 Å². The molecule has 2 saturated heterocycles. The molecule has 0 saturated carbocycles. The van der Waals surface area contributed by atoms with E-state index in [0.717, 1.165) is 5.56 Å². The minimum absolute atomic E-state index is 0.0122. The van der Waals surface area contributed by atoms with Crippen LogP contribution in [0.2, 0.25) is 18.1 Å². The van der Waals surface area contributed by atoms with Crippen molar-refractivity contribution in [3.8, 4) is 0 Å². The summed E-state index contributed by atoms with van der Waals surface area (Å²) in [6, 6.07) is 10.2. The molecule has 2 fully saturated rings. The summed E-state index contributed by atoms with van der Waals surface area (Å²) in [5, 5.41) is 0.0622. The van der Waals surface area contributed by atoms with Gasteiger partial charge in [0.2, 0.25) is 0 Å². The highest BCUT2D eigenvalue weighted by molar-refractivity contribution is 6.74. The molecule has 0 amide bonds. The van der Waals surface area contributed by atoms with Gasteiger partial charge in [-0.05, 0) is 23.7 Å². The van der Waals surface area contributed by atoms with Crippen molar-refractivity contribution in [2.75, 3.05) is 27.1 Å². The fourth-order valence-electron chi connectivity index (χ4n) is 4.62. The fraction of sp³-hybridized carbons (Fsp3) is 0.724. The van der Waals surface area contributed by atoms with Crippen molar-refractivity contribution in [1.29, 1.82) is 0 Å². The number of ether oxygens (including phenoxy) is 6. The van der Waals surface area contributed by atoms with Gasteiger partial charge in [-0.25, -0.2) is 0 Å². The maximum atomic E-state index is 7.03. The lowest BCUT2D eigenvalue weighted by atomic mass is 9.89. The average molecular weight is 537 g/mol. The monoisotopic (exact) mass is 536 g/mol. The van der Waals surface area contributed by atoms with Gasteiger partial charge in [-0.2, -0.15) is 0 Å². The second-order valence-electron chi connectivity index (χ2n) is 11.8. The highest BCUT2D eigenvalue weighted by Crippen LogP contribution is 2.44. The normalized spacial score (nSPS) is 29.7. The number of epoxide rings is 1. The molecule has 3 rings (SSSR count). The minimum atomic E-state index is -2.11. The lowest BCUT2D eigenvalue weighted by molar-refractivity contribution is -0.179. The summed E-state index contributed by atoms with van der Waals surface area (Å²) < 4.78 is 43.0. The summed E-state index contributed by atoms with van der Waals surface area (Å²) in [6.45, 7) is 21.1. The Balaban J connectivity index is 1.85. The van der Waals surface area contributed by atoms with Crippen LogP contribution in [0, 0.1) is 11.8 Å². The van der Waals surface area contributed by atoms with E-state index >= 15 is 0 Å². The van der Waals surface area contributed by atoms with Crippen LogP contribution in [0.25, 0.3) is 0 Å². The summed E-state index contributed by atoms with van der Waals surface area (Å²) >= 11 is 0. The molecule has 0 aromatic heterocycles. The van der Waals surface area contributed by atoms with Gasteiger partial charge < -0.3 is 32.8 Å². The van der Waals surface area contributed by atoms with Crippen molar-refractivity contribution in [2.24, 2.45) is 11.8 Å². The molecule has 1 aromatic rings. The third kappa shape index (κ3) is 7.96. The highest BCUT2D eigenvalue weighted by Gasteiger charge is 2.55. The van der Waals surface area contributed by atoms with Gasteiger partial charge in [-0.15, -0.1) is 6.58 Å². The Morgan fingerprint density at radius 3 is 2.43 bits per heavy atom. The molecule has 8 heteroatoms. The summed E-state index contributed by atoms with van der Waals surface area (Å²) in [5.74, 6) is 0.0933. The van der Waals surface area contributed by atoms with Gasteiger partial charge in [0.15, 0.2) is 14.6 Å². The molecule has 0 aliphatic carbocycles. The zero-order valence-electron chi connectivity index (χ0n) is 24.0. The molecule has 2 aliphatic heterocycles. The van der Waals surface area contributed by atoms with Crippen molar-refractivity contribution in [1.82, 2.24) is 0 Å². The second kappa shape index (κ2) is 13.3. The smallest absolute Gasteiger partial charge is 0.192 e. The van der Waals surface area contributed by atoms with Crippen LogP contribution < -0.4 is 0 Å².